The molecule has 0 rings (SSSR count). The lowest BCUT2D eigenvalue weighted by Crippen LogP contribution is -2.32. The van der Waals surface area contributed by atoms with E-state index < -0.39 is 24.3 Å². The molecular formula is C7H11NO5. The lowest BCUT2D eigenvalue weighted by Gasteiger charge is -2.09. The van der Waals surface area contributed by atoms with Gasteiger partial charge in [-0.1, -0.05) is 0 Å². The van der Waals surface area contributed by atoms with E-state index in [0.717, 1.165) is 0 Å². The molecule has 0 radical (unpaired) electrons. The molecule has 74 valence electrons. The smallest absolute Gasteiger partial charge is 0.308 e. The van der Waals surface area contributed by atoms with Gasteiger partial charge in [0.25, 0.3) is 0 Å². The zero-order chi connectivity index (χ0) is 10.4. The zero-order valence-corrected chi connectivity index (χ0v) is 7.11. The van der Waals surface area contributed by atoms with Crippen LogP contribution in [-0.4, -0.2) is 34.6 Å². The highest BCUT2D eigenvalue weighted by Crippen LogP contribution is 2.01. The Labute approximate surface area is 74.6 Å². The van der Waals surface area contributed by atoms with E-state index in [-0.39, 0.29) is 12.5 Å². The van der Waals surface area contributed by atoms with Gasteiger partial charge in [-0.25, -0.2) is 0 Å². The van der Waals surface area contributed by atoms with E-state index in [4.69, 9.17) is 10.2 Å². The minimum Gasteiger partial charge on any atom is -0.481 e. The average Bonchev–Trinajstić information content (AvgIpc) is 1.96. The first-order valence-electron chi connectivity index (χ1n) is 3.62. The first-order valence-corrected chi connectivity index (χ1v) is 3.62. The Bertz CT molecular complexity index is 225. The summed E-state index contributed by atoms with van der Waals surface area (Å²) in [5, 5.41) is 19.1. The quantitative estimate of drug-likeness (QED) is 0.530. The van der Waals surface area contributed by atoms with Crippen molar-refractivity contribution in [1.29, 1.82) is 0 Å². The Morgan fingerprint density at radius 2 is 1.85 bits per heavy atom. The monoisotopic (exact) mass is 189 g/mol. The van der Waals surface area contributed by atoms with Gasteiger partial charge in [0, 0.05) is 13.5 Å². The number of carboxylic acid groups (broad SMARTS) is 2. The molecule has 0 spiro atoms. The second-order valence-electron chi connectivity index (χ2n) is 2.57. The predicted octanol–water partition coefficient (Wildman–Crippen LogP) is -0.702. The normalized spacial score (nSPS) is 11.8. The lowest BCUT2D eigenvalue weighted by atomic mass is 10.1. The summed E-state index contributed by atoms with van der Waals surface area (Å²) in [5.41, 5.74) is 0. The number of nitrogens with one attached hydrogen (secondary N) is 1. The Morgan fingerprint density at radius 3 is 2.15 bits per heavy atom. The van der Waals surface area contributed by atoms with E-state index in [1.54, 1.807) is 0 Å². The number of rotatable bonds is 5. The van der Waals surface area contributed by atoms with E-state index >= 15 is 0 Å². The van der Waals surface area contributed by atoms with Crippen molar-refractivity contribution in [3.8, 4) is 0 Å². The maximum Gasteiger partial charge on any atom is 0.308 e. The van der Waals surface area contributed by atoms with Gasteiger partial charge in [0.15, 0.2) is 0 Å². The predicted molar refractivity (Wildman–Crippen MR) is 42.1 cm³/mol. The fourth-order valence-electron chi connectivity index (χ4n) is 0.725. The van der Waals surface area contributed by atoms with E-state index in [2.05, 4.69) is 5.32 Å². The average molecular weight is 189 g/mol. The van der Waals surface area contributed by atoms with Gasteiger partial charge in [0.2, 0.25) is 5.91 Å². The Morgan fingerprint density at radius 1 is 1.31 bits per heavy atom. The van der Waals surface area contributed by atoms with Crippen LogP contribution in [0.15, 0.2) is 0 Å². The summed E-state index contributed by atoms with van der Waals surface area (Å²) in [5.74, 6) is -3.87. The third-order valence-electron chi connectivity index (χ3n) is 1.37. The first kappa shape index (κ1) is 11.4. The molecule has 0 heterocycles. The standard InChI is InChI=1S/C7H11NO5/c1-4(9)8-3-5(7(12)13)2-6(10)11/h5H,2-3H2,1H3,(H,8,9)(H,10,11)(H,12,13). The van der Waals surface area contributed by atoms with Crippen molar-refractivity contribution in [2.24, 2.45) is 5.92 Å². The van der Waals surface area contributed by atoms with E-state index in [9.17, 15) is 14.4 Å². The van der Waals surface area contributed by atoms with Gasteiger partial charge in [0.05, 0.1) is 12.3 Å². The Balaban J connectivity index is 4.02. The molecule has 0 bridgehead atoms. The molecule has 0 fully saturated rings. The highest BCUT2D eigenvalue weighted by molar-refractivity contribution is 5.79. The van der Waals surface area contributed by atoms with Crippen LogP contribution in [0.2, 0.25) is 0 Å². The third kappa shape index (κ3) is 5.66. The van der Waals surface area contributed by atoms with Gasteiger partial charge in [-0.15, -0.1) is 0 Å². The fraction of sp³-hybridized carbons (Fsp3) is 0.571. The molecule has 0 aromatic rings. The lowest BCUT2D eigenvalue weighted by molar-refractivity contribution is -0.148. The number of carboxylic acids is 2. The maximum atomic E-state index is 10.4. The number of amides is 1. The minimum atomic E-state index is -1.23. The van der Waals surface area contributed by atoms with Crippen LogP contribution in [0, 0.1) is 5.92 Å². The van der Waals surface area contributed by atoms with Gasteiger partial charge < -0.3 is 15.5 Å². The van der Waals surface area contributed by atoms with E-state index in [1.807, 2.05) is 0 Å². The highest BCUT2D eigenvalue weighted by atomic mass is 16.4. The van der Waals surface area contributed by atoms with Gasteiger partial charge in [-0.2, -0.15) is 0 Å². The van der Waals surface area contributed by atoms with Crippen molar-refractivity contribution < 1.29 is 24.6 Å². The van der Waals surface area contributed by atoms with Crippen LogP contribution in [0.1, 0.15) is 13.3 Å². The largest absolute Gasteiger partial charge is 0.481 e. The summed E-state index contributed by atoms with van der Waals surface area (Å²) in [4.78, 5) is 31.0. The molecule has 0 aliphatic heterocycles. The van der Waals surface area contributed by atoms with Crippen molar-refractivity contribution in [3.05, 3.63) is 0 Å². The minimum absolute atomic E-state index is 0.156. The van der Waals surface area contributed by atoms with Crippen LogP contribution < -0.4 is 5.32 Å². The molecule has 0 saturated carbocycles. The SMILES string of the molecule is CC(=O)NCC(CC(=O)O)C(=O)O. The molecular weight excluding hydrogens is 178 g/mol. The fourth-order valence-corrected chi connectivity index (χ4v) is 0.725. The summed E-state index contributed by atoms with van der Waals surface area (Å²) in [7, 11) is 0. The molecule has 0 aromatic heterocycles. The summed E-state index contributed by atoms with van der Waals surface area (Å²) < 4.78 is 0. The number of carbonyl (C=O) groups is 3. The zero-order valence-electron chi connectivity index (χ0n) is 7.11. The van der Waals surface area contributed by atoms with Crippen molar-refractivity contribution >= 4 is 17.8 Å². The summed E-state index contributed by atoms with van der Waals surface area (Å²) in [6.45, 7) is 1.08. The third-order valence-corrected chi connectivity index (χ3v) is 1.37. The molecule has 1 amide bonds. The Hall–Kier alpha value is -1.59. The maximum absolute atomic E-state index is 10.4. The topological polar surface area (TPSA) is 104 Å². The molecule has 3 N–H and O–H groups in total. The van der Waals surface area contributed by atoms with Crippen molar-refractivity contribution in [2.75, 3.05) is 6.54 Å². The van der Waals surface area contributed by atoms with Crippen LogP contribution in [0.25, 0.3) is 0 Å². The van der Waals surface area contributed by atoms with Gasteiger partial charge in [-0.05, 0) is 0 Å². The van der Waals surface area contributed by atoms with Crippen LogP contribution in [-0.2, 0) is 14.4 Å². The number of hydrogen-bond acceptors (Lipinski definition) is 3. The molecule has 1 unspecified atom stereocenters. The molecule has 0 aliphatic rings. The molecule has 0 saturated heterocycles. The Kier molecular flexibility index (Phi) is 4.50. The van der Waals surface area contributed by atoms with Crippen LogP contribution >= 0.6 is 0 Å². The van der Waals surface area contributed by atoms with Gasteiger partial charge in [-0.3, -0.25) is 14.4 Å². The van der Waals surface area contributed by atoms with Crippen LogP contribution in [0.3, 0.4) is 0 Å². The van der Waals surface area contributed by atoms with Crippen molar-refractivity contribution in [3.63, 3.8) is 0 Å². The molecule has 0 aliphatic carbocycles. The summed E-state index contributed by atoms with van der Waals surface area (Å²) >= 11 is 0. The summed E-state index contributed by atoms with van der Waals surface area (Å²) in [6, 6.07) is 0. The van der Waals surface area contributed by atoms with Crippen LogP contribution in [0.4, 0.5) is 0 Å². The van der Waals surface area contributed by atoms with Crippen molar-refractivity contribution in [2.45, 2.75) is 13.3 Å². The number of carbonyl (C=O) groups excluding carboxylic acids is 1. The molecule has 13 heavy (non-hydrogen) atoms. The number of hydrogen-bond donors (Lipinski definition) is 3. The molecule has 1 atom stereocenters. The van der Waals surface area contributed by atoms with Gasteiger partial charge >= 0.3 is 11.9 Å². The van der Waals surface area contributed by atoms with E-state index in [1.165, 1.54) is 6.92 Å². The number of aliphatic carboxylic acids is 2. The highest BCUT2D eigenvalue weighted by Gasteiger charge is 2.20. The van der Waals surface area contributed by atoms with Crippen molar-refractivity contribution in [1.82, 2.24) is 5.32 Å². The second kappa shape index (κ2) is 5.13. The molecule has 6 nitrogen and oxygen atoms in total. The second-order valence-corrected chi connectivity index (χ2v) is 2.57. The van der Waals surface area contributed by atoms with Crippen LogP contribution in [0.5, 0.6) is 0 Å². The van der Waals surface area contributed by atoms with E-state index in [0.29, 0.717) is 0 Å². The molecule has 6 heteroatoms. The first-order chi connectivity index (χ1) is 5.93. The molecule has 0 aromatic carbocycles. The van der Waals surface area contributed by atoms with Gasteiger partial charge in [0.1, 0.15) is 0 Å². The summed E-state index contributed by atoms with van der Waals surface area (Å²) in [6.07, 6.45) is -0.490.